The van der Waals surface area contributed by atoms with Crippen LogP contribution in [-0.4, -0.2) is 12.6 Å². The van der Waals surface area contributed by atoms with Gasteiger partial charge in [-0.25, -0.2) is 0 Å². The third-order valence-corrected chi connectivity index (χ3v) is 3.34. The minimum absolute atomic E-state index is 0.332. The van der Waals surface area contributed by atoms with Crippen LogP contribution >= 0.6 is 27.5 Å². The molecule has 0 radical (unpaired) electrons. The molecule has 1 aromatic carbocycles. The van der Waals surface area contributed by atoms with Crippen LogP contribution in [0.15, 0.2) is 16.6 Å². The van der Waals surface area contributed by atoms with Gasteiger partial charge in [0.15, 0.2) is 0 Å². The Morgan fingerprint density at radius 1 is 1.50 bits per heavy atom. The summed E-state index contributed by atoms with van der Waals surface area (Å²) in [5, 5.41) is 4.21. The first-order valence-corrected chi connectivity index (χ1v) is 6.63. The third-order valence-electron chi connectivity index (χ3n) is 2.60. The van der Waals surface area contributed by atoms with Crippen molar-refractivity contribution in [2.75, 3.05) is 6.61 Å². The van der Waals surface area contributed by atoms with E-state index in [2.05, 4.69) is 41.2 Å². The zero-order valence-electron chi connectivity index (χ0n) is 9.39. The molecule has 1 aromatic rings. The minimum Gasteiger partial charge on any atom is -0.492 e. The molecule has 0 aliphatic carbocycles. The first-order valence-electron chi connectivity index (χ1n) is 5.45. The van der Waals surface area contributed by atoms with Crippen LogP contribution in [0.25, 0.3) is 0 Å². The summed E-state index contributed by atoms with van der Waals surface area (Å²) in [7, 11) is 0. The van der Waals surface area contributed by atoms with Gasteiger partial charge in [0.25, 0.3) is 0 Å². The Morgan fingerprint density at radius 2 is 2.25 bits per heavy atom. The molecule has 0 saturated heterocycles. The molecule has 0 fully saturated rings. The van der Waals surface area contributed by atoms with Crippen molar-refractivity contribution >= 4 is 27.5 Å². The predicted octanol–water partition coefficient (Wildman–Crippen LogP) is 3.92. The van der Waals surface area contributed by atoms with Crippen LogP contribution in [0, 0.1) is 0 Å². The number of benzene rings is 1. The Balaban J connectivity index is 2.37. The smallest absolute Gasteiger partial charge is 0.142 e. The monoisotopic (exact) mass is 303 g/mol. The molecule has 1 atom stereocenters. The summed E-state index contributed by atoms with van der Waals surface area (Å²) in [5.41, 5.74) is 1.15. The fourth-order valence-electron chi connectivity index (χ4n) is 2.00. The van der Waals surface area contributed by atoms with Gasteiger partial charge >= 0.3 is 0 Å². The van der Waals surface area contributed by atoms with E-state index in [0.29, 0.717) is 17.1 Å². The molecule has 1 N–H and O–H groups in total. The van der Waals surface area contributed by atoms with Gasteiger partial charge in [0.2, 0.25) is 0 Å². The first kappa shape index (κ1) is 12.2. The Kier molecular flexibility index (Phi) is 3.77. The van der Waals surface area contributed by atoms with Crippen molar-refractivity contribution in [3.8, 4) is 5.75 Å². The number of hydrogen-bond acceptors (Lipinski definition) is 2. The number of rotatable bonds is 2. The summed E-state index contributed by atoms with van der Waals surface area (Å²) in [6, 6.07) is 4.74. The minimum atomic E-state index is 0.332. The maximum atomic E-state index is 6.17. The molecule has 1 aliphatic heterocycles. The van der Waals surface area contributed by atoms with Gasteiger partial charge in [0.1, 0.15) is 5.75 Å². The second-order valence-corrected chi connectivity index (χ2v) is 5.64. The summed E-state index contributed by atoms with van der Waals surface area (Å²) in [4.78, 5) is 0. The molecule has 1 aliphatic rings. The zero-order chi connectivity index (χ0) is 11.7. The summed E-state index contributed by atoms with van der Waals surface area (Å²) in [6.45, 7) is 5.02. The molecule has 1 unspecified atom stereocenters. The molecular weight excluding hydrogens is 289 g/mol. The number of nitrogens with one attached hydrogen (secondary N) is 1. The van der Waals surface area contributed by atoms with Crippen LogP contribution in [0.4, 0.5) is 0 Å². The van der Waals surface area contributed by atoms with E-state index < -0.39 is 0 Å². The Morgan fingerprint density at radius 3 is 2.94 bits per heavy atom. The molecule has 2 nitrogen and oxygen atoms in total. The van der Waals surface area contributed by atoms with Gasteiger partial charge in [0.05, 0.1) is 11.6 Å². The summed E-state index contributed by atoms with van der Waals surface area (Å²) in [6.07, 6.45) is 0.984. The van der Waals surface area contributed by atoms with Crippen LogP contribution in [-0.2, 0) is 0 Å². The molecule has 0 aromatic heterocycles. The van der Waals surface area contributed by atoms with E-state index in [0.717, 1.165) is 28.8 Å². The SMILES string of the molecule is CC(C)NC1CCOc2c(Cl)cc(Br)cc21. The maximum absolute atomic E-state index is 6.17. The van der Waals surface area contributed by atoms with Gasteiger partial charge in [-0.05, 0) is 12.1 Å². The summed E-state index contributed by atoms with van der Waals surface area (Å²) < 4.78 is 6.63. The molecule has 0 bridgehead atoms. The Hall–Kier alpha value is -0.250. The molecule has 0 saturated carbocycles. The number of hydrogen-bond donors (Lipinski definition) is 1. The molecule has 4 heteroatoms. The van der Waals surface area contributed by atoms with Crippen LogP contribution < -0.4 is 10.1 Å². The van der Waals surface area contributed by atoms with Crippen molar-refractivity contribution in [1.82, 2.24) is 5.32 Å². The van der Waals surface area contributed by atoms with Gasteiger partial charge in [0, 0.05) is 28.5 Å². The van der Waals surface area contributed by atoms with Gasteiger partial charge in [-0.3, -0.25) is 0 Å². The van der Waals surface area contributed by atoms with E-state index in [9.17, 15) is 0 Å². The fourth-order valence-corrected chi connectivity index (χ4v) is 2.89. The van der Waals surface area contributed by atoms with Crippen LogP contribution in [0.1, 0.15) is 31.9 Å². The van der Waals surface area contributed by atoms with Crippen LogP contribution in [0.2, 0.25) is 5.02 Å². The number of ether oxygens (including phenoxy) is 1. The molecule has 88 valence electrons. The predicted molar refractivity (Wildman–Crippen MR) is 70.3 cm³/mol. The second kappa shape index (κ2) is 4.94. The van der Waals surface area contributed by atoms with Crippen molar-refractivity contribution in [3.63, 3.8) is 0 Å². The van der Waals surface area contributed by atoms with Crippen molar-refractivity contribution < 1.29 is 4.74 Å². The lowest BCUT2D eigenvalue weighted by molar-refractivity contribution is 0.247. The average molecular weight is 305 g/mol. The highest BCUT2D eigenvalue weighted by molar-refractivity contribution is 9.10. The highest BCUT2D eigenvalue weighted by atomic mass is 79.9. The fraction of sp³-hybridized carbons (Fsp3) is 0.500. The van der Waals surface area contributed by atoms with E-state index in [1.54, 1.807) is 0 Å². The lowest BCUT2D eigenvalue weighted by Crippen LogP contribution is -2.32. The second-order valence-electron chi connectivity index (χ2n) is 4.32. The first-order chi connectivity index (χ1) is 7.58. The number of fused-ring (bicyclic) bond motifs is 1. The quantitative estimate of drug-likeness (QED) is 0.894. The largest absolute Gasteiger partial charge is 0.492 e. The zero-order valence-corrected chi connectivity index (χ0v) is 11.7. The lowest BCUT2D eigenvalue weighted by atomic mass is 10.00. The molecule has 0 amide bonds. The van der Waals surface area contributed by atoms with Gasteiger partial charge in [-0.1, -0.05) is 41.4 Å². The van der Waals surface area contributed by atoms with E-state index >= 15 is 0 Å². The Labute approximate surface area is 109 Å². The average Bonchev–Trinajstić information content (AvgIpc) is 2.18. The molecule has 2 rings (SSSR count). The standard InChI is InChI=1S/C12H15BrClNO/c1-7(2)15-11-3-4-16-12-9(11)5-8(13)6-10(12)14/h5-7,11,15H,3-4H2,1-2H3. The molecule has 1 heterocycles. The van der Waals surface area contributed by atoms with Gasteiger partial charge in [-0.15, -0.1) is 0 Å². The van der Waals surface area contributed by atoms with Crippen LogP contribution in [0.3, 0.4) is 0 Å². The highest BCUT2D eigenvalue weighted by Crippen LogP contribution is 2.40. The van der Waals surface area contributed by atoms with Crippen molar-refractivity contribution in [2.24, 2.45) is 0 Å². The Bertz CT molecular complexity index is 395. The van der Waals surface area contributed by atoms with Gasteiger partial charge in [-0.2, -0.15) is 0 Å². The molecule has 0 spiro atoms. The topological polar surface area (TPSA) is 21.3 Å². The normalized spacial score (nSPS) is 19.4. The van der Waals surface area contributed by atoms with Crippen LogP contribution in [0.5, 0.6) is 5.75 Å². The highest BCUT2D eigenvalue weighted by Gasteiger charge is 2.24. The molecular formula is C12H15BrClNO. The van der Waals surface area contributed by atoms with Gasteiger partial charge < -0.3 is 10.1 Å². The molecule has 16 heavy (non-hydrogen) atoms. The van der Waals surface area contributed by atoms with E-state index in [4.69, 9.17) is 16.3 Å². The van der Waals surface area contributed by atoms with E-state index in [1.165, 1.54) is 0 Å². The number of halogens is 2. The summed E-state index contributed by atoms with van der Waals surface area (Å²) in [5.74, 6) is 0.828. The lowest BCUT2D eigenvalue weighted by Gasteiger charge is -2.29. The third kappa shape index (κ3) is 2.53. The van der Waals surface area contributed by atoms with E-state index in [1.807, 2.05) is 6.07 Å². The summed E-state index contributed by atoms with van der Waals surface area (Å²) >= 11 is 9.63. The van der Waals surface area contributed by atoms with Crippen molar-refractivity contribution in [2.45, 2.75) is 32.4 Å². The van der Waals surface area contributed by atoms with E-state index in [-0.39, 0.29) is 0 Å². The van der Waals surface area contributed by atoms with Crippen molar-refractivity contribution in [1.29, 1.82) is 0 Å². The maximum Gasteiger partial charge on any atom is 0.142 e. The van der Waals surface area contributed by atoms with Crippen molar-refractivity contribution in [3.05, 3.63) is 27.2 Å².